The van der Waals surface area contributed by atoms with Gasteiger partial charge in [-0.3, -0.25) is 0 Å². The Morgan fingerprint density at radius 3 is 2.31 bits per heavy atom. The molecule has 29 heavy (non-hydrogen) atoms. The zero-order valence-electron chi connectivity index (χ0n) is 16.0. The number of methoxy groups -OCH3 is 1. The van der Waals surface area contributed by atoms with Gasteiger partial charge >= 0.3 is 0 Å². The minimum absolute atomic E-state index is 0.215. The predicted molar refractivity (Wildman–Crippen MR) is 109 cm³/mol. The molecule has 0 bridgehead atoms. The number of ether oxygens (including phenoxy) is 1. The zero-order chi connectivity index (χ0) is 20.2. The van der Waals surface area contributed by atoms with Gasteiger partial charge in [-0.1, -0.05) is 36.4 Å². The van der Waals surface area contributed by atoms with Gasteiger partial charge in [0.15, 0.2) is 5.82 Å². The van der Waals surface area contributed by atoms with Crippen molar-refractivity contribution in [2.45, 2.75) is 19.4 Å². The van der Waals surface area contributed by atoms with E-state index in [2.05, 4.69) is 9.97 Å². The number of aromatic nitrogens is 2. The summed E-state index contributed by atoms with van der Waals surface area (Å²) >= 11 is 0. The van der Waals surface area contributed by atoms with E-state index >= 15 is 4.39 Å². The maximum absolute atomic E-state index is 15.0. The van der Waals surface area contributed by atoms with Gasteiger partial charge in [0.2, 0.25) is 0 Å². The van der Waals surface area contributed by atoms with Gasteiger partial charge < -0.3 is 4.74 Å². The van der Waals surface area contributed by atoms with Crippen molar-refractivity contribution in [1.29, 1.82) is 0 Å². The molecular formula is C24H20F2N2O. The van der Waals surface area contributed by atoms with Crippen LogP contribution in [0.25, 0.3) is 22.2 Å². The van der Waals surface area contributed by atoms with Gasteiger partial charge in [-0.25, -0.2) is 18.7 Å². The molecule has 0 amide bonds. The minimum atomic E-state index is -0.265. The summed E-state index contributed by atoms with van der Waals surface area (Å²) in [6.07, 6.45) is 4.67. The van der Waals surface area contributed by atoms with Gasteiger partial charge in [0.1, 0.15) is 11.6 Å². The van der Waals surface area contributed by atoms with Gasteiger partial charge in [0.25, 0.3) is 0 Å². The van der Waals surface area contributed by atoms with Crippen LogP contribution in [0.2, 0.25) is 0 Å². The normalized spacial score (nSPS) is 11.1. The monoisotopic (exact) mass is 390 g/mol. The highest BCUT2D eigenvalue weighted by molar-refractivity contribution is 5.87. The van der Waals surface area contributed by atoms with E-state index in [-0.39, 0.29) is 11.6 Å². The smallest absolute Gasteiger partial charge is 0.159 e. The Morgan fingerprint density at radius 2 is 1.59 bits per heavy atom. The highest BCUT2D eigenvalue weighted by atomic mass is 19.1. The third-order valence-electron chi connectivity index (χ3n) is 4.90. The van der Waals surface area contributed by atoms with Crippen molar-refractivity contribution in [3.63, 3.8) is 0 Å². The molecule has 0 spiro atoms. The van der Waals surface area contributed by atoms with Crippen LogP contribution >= 0.6 is 0 Å². The minimum Gasteiger partial charge on any atom is -0.380 e. The third kappa shape index (κ3) is 4.30. The SMILES string of the molecule is COCc1cnc(-c2ccc3c(F)c(CCc4ccc(F)cc4)ccc3c2)nc1. The lowest BCUT2D eigenvalue weighted by Crippen LogP contribution is -1.97. The van der Waals surface area contributed by atoms with Crippen LogP contribution in [0, 0.1) is 11.6 Å². The number of fused-ring (bicyclic) bond motifs is 1. The third-order valence-corrected chi connectivity index (χ3v) is 4.90. The number of benzene rings is 3. The number of hydrogen-bond acceptors (Lipinski definition) is 3. The summed E-state index contributed by atoms with van der Waals surface area (Å²) in [5.74, 6) is 0.110. The van der Waals surface area contributed by atoms with E-state index in [4.69, 9.17) is 4.74 Å². The second kappa shape index (κ2) is 8.45. The van der Waals surface area contributed by atoms with Crippen molar-refractivity contribution in [1.82, 2.24) is 9.97 Å². The van der Waals surface area contributed by atoms with Gasteiger partial charge in [-0.15, -0.1) is 0 Å². The van der Waals surface area contributed by atoms with Crippen molar-refractivity contribution in [2.24, 2.45) is 0 Å². The molecule has 3 nitrogen and oxygen atoms in total. The van der Waals surface area contributed by atoms with Crippen LogP contribution in [-0.4, -0.2) is 17.1 Å². The Bertz CT molecular complexity index is 1130. The summed E-state index contributed by atoms with van der Waals surface area (Å²) in [5.41, 5.74) is 3.36. The number of hydrogen-bond donors (Lipinski definition) is 0. The Hall–Kier alpha value is -3.18. The molecule has 0 aliphatic carbocycles. The summed E-state index contributed by atoms with van der Waals surface area (Å²) in [4.78, 5) is 8.74. The van der Waals surface area contributed by atoms with Gasteiger partial charge in [0, 0.05) is 36.0 Å². The fourth-order valence-electron chi connectivity index (χ4n) is 3.34. The molecule has 4 aromatic rings. The lowest BCUT2D eigenvalue weighted by atomic mass is 9.99. The van der Waals surface area contributed by atoms with Crippen LogP contribution in [0.15, 0.2) is 67.0 Å². The molecule has 0 saturated heterocycles. The van der Waals surface area contributed by atoms with Crippen molar-refractivity contribution >= 4 is 10.8 Å². The molecule has 0 N–H and O–H groups in total. The maximum atomic E-state index is 15.0. The lowest BCUT2D eigenvalue weighted by Gasteiger charge is -2.09. The molecule has 0 atom stereocenters. The summed E-state index contributed by atoms with van der Waals surface area (Å²) < 4.78 is 33.1. The Morgan fingerprint density at radius 1 is 0.828 bits per heavy atom. The van der Waals surface area contributed by atoms with Crippen molar-refractivity contribution in [2.75, 3.05) is 7.11 Å². The summed E-state index contributed by atoms with van der Waals surface area (Å²) in [7, 11) is 1.62. The average Bonchev–Trinajstić information content (AvgIpc) is 2.75. The molecule has 1 aromatic heterocycles. The molecule has 4 rings (SSSR count). The molecule has 0 aliphatic rings. The van der Waals surface area contributed by atoms with Crippen LogP contribution < -0.4 is 0 Å². The first-order valence-corrected chi connectivity index (χ1v) is 9.40. The molecule has 1 heterocycles. The summed E-state index contributed by atoms with van der Waals surface area (Å²) in [5, 5.41) is 1.37. The van der Waals surface area contributed by atoms with Crippen molar-refractivity contribution in [3.8, 4) is 11.4 Å². The van der Waals surface area contributed by atoms with Gasteiger partial charge in [-0.05, 0) is 47.6 Å². The van der Waals surface area contributed by atoms with E-state index in [0.29, 0.717) is 36.2 Å². The van der Waals surface area contributed by atoms with E-state index in [1.807, 2.05) is 24.3 Å². The molecule has 146 valence electrons. The molecule has 0 saturated carbocycles. The lowest BCUT2D eigenvalue weighted by molar-refractivity contribution is 0.184. The number of nitrogens with zero attached hydrogens (tertiary/aromatic N) is 2. The topological polar surface area (TPSA) is 35.0 Å². The van der Waals surface area contributed by atoms with Crippen LogP contribution in [0.1, 0.15) is 16.7 Å². The van der Waals surface area contributed by atoms with Crippen LogP contribution in [0.5, 0.6) is 0 Å². The second-order valence-electron chi connectivity index (χ2n) is 6.95. The average molecular weight is 390 g/mol. The highest BCUT2D eigenvalue weighted by Gasteiger charge is 2.10. The Labute approximate surface area is 168 Å². The van der Waals surface area contributed by atoms with E-state index in [9.17, 15) is 4.39 Å². The molecule has 5 heteroatoms. The highest BCUT2D eigenvalue weighted by Crippen LogP contribution is 2.26. The largest absolute Gasteiger partial charge is 0.380 e. The molecule has 0 unspecified atom stereocenters. The molecule has 3 aromatic carbocycles. The summed E-state index contributed by atoms with van der Waals surface area (Å²) in [6.45, 7) is 0.462. The Balaban J connectivity index is 1.57. The molecule has 0 fully saturated rings. The van der Waals surface area contributed by atoms with E-state index < -0.39 is 0 Å². The van der Waals surface area contributed by atoms with Gasteiger partial charge in [0.05, 0.1) is 6.61 Å². The first-order chi connectivity index (χ1) is 14.1. The van der Waals surface area contributed by atoms with E-state index in [1.54, 1.807) is 37.7 Å². The van der Waals surface area contributed by atoms with E-state index in [1.165, 1.54) is 12.1 Å². The second-order valence-corrected chi connectivity index (χ2v) is 6.95. The first kappa shape index (κ1) is 19.2. The van der Waals surface area contributed by atoms with Crippen molar-refractivity contribution < 1.29 is 13.5 Å². The van der Waals surface area contributed by atoms with Crippen LogP contribution in [-0.2, 0) is 24.2 Å². The molecule has 0 radical (unpaired) electrons. The maximum Gasteiger partial charge on any atom is 0.159 e. The van der Waals surface area contributed by atoms with Crippen LogP contribution in [0.4, 0.5) is 8.78 Å². The first-order valence-electron chi connectivity index (χ1n) is 9.40. The standard InChI is InChI=1S/C24H20F2N2O/c1-29-15-17-13-27-24(28-14-17)20-8-11-22-19(12-20)7-6-18(23(22)26)5-2-16-3-9-21(25)10-4-16/h3-4,6-14H,2,5,15H2,1H3. The zero-order valence-corrected chi connectivity index (χ0v) is 16.0. The number of rotatable bonds is 6. The predicted octanol–water partition coefficient (Wildman–Crippen LogP) is 5.51. The van der Waals surface area contributed by atoms with Crippen LogP contribution in [0.3, 0.4) is 0 Å². The fourth-order valence-corrected chi connectivity index (χ4v) is 3.34. The van der Waals surface area contributed by atoms with Gasteiger partial charge in [-0.2, -0.15) is 0 Å². The summed E-state index contributed by atoms with van der Waals surface area (Å²) in [6, 6.07) is 15.6. The van der Waals surface area contributed by atoms with Crippen molar-refractivity contribution in [3.05, 3.63) is 95.3 Å². The molecular weight excluding hydrogens is 370 g/mol. The number of halogens is 2. The van der Waals surface area contributed by atoms with E-state index in [0.717, 1.165) is 22.1 Å². The number of aryl methyl sites for hydroxylation is 2. The fraction of sp³-hybridized carbons (Fsp3) is 0.167. The quantitative estimate of drug-likeness (QED) is 0.436. The Kier molecular flexibility index (Phi) is 5.58. The molecule has 0 aliphatic heterocycles.